The molecule has 4 rings (SSSR count). The van der Waals surface area contributed by atoms with Crippen molar-refractivity contribution in [1.29, 1.82) is 5.26 Å². The first-order chi connectivity index (χ1) is 16.0. The number of ether oxygens (including phenoxy) is 3. The first-order valence-corrected chi connectivity index (χ1v) is 10.4. The maximum absolute atomic E-state index is 11.0. The monoisotopic (exact) mass is 445 g/mol. The Bertz CT molecular complexity index is 1220. The van der Waals surface area contributed by atoms with Crippen molar-refractivity contribution in [3.05, 3.63) is 71.1 Å². The van der Waals surface area contributed by atoms with Crippen molar-refractivity contribution in [3.8, 4) is 34.7 Å². The number of nitrogens with one attached hydrogen (secondary N) is 1. The number of nitrogens with two attached hydrogens (primary N) is 2. The number of aromatic nitrogens is 2. The van der Waals surface area contributed by atoms with Gasteiger partial charge < -0.3 is 25.7 Å². The van der Waals surface area contributed by atoms with E-state index in [2.05, 4.69) is 16.3 Å². The summed E-state index contributed by atoms with van der Waals surface area (Å²) in [5.41, 5.74) is 14.5. The van der Waals surface area contributed by atoms with Gasteiger partial charge in [-0.3, -0.25) is 9.89 Å². The van der Waals surface area contributed by atoms with Crippen LogP contribution in [0.4, 0.5) is 0 Å². The van der Waals surface area contributed by atoms with Crippen LogP contribution in [-0.2, 0) is 4.79 Å². The van der Waals surface area contributed by atoms with E-state index in [1.165, 1.54) is 0 Å². The molecule has 0 aliphatic carbocycles. The molecule has 168 valence electrons. The second kappa shape index (κ2) is 9.36. The summed E-state index contributed by atoms with van der Waals surface area (Å²) < 4.78 is 16.7. The van der Waals surface area contributed by atoms with Gasteiger partial charge in [-0.1, -0.05) is 19.1 Å². The minimum absolute atomic E-state index is 0.00502. The molecule has 0 bridgehead atoms. The van der Waals surface area contributed by atoms with Crippen LogP contribution in [0.5, 0.6) is 17.4 Å². The van der Waals surface area contributed by atoms with Gasteiger partial charge in [0.1, 0.15) is 23.1 Å². The number of hydrogen-bond acceptors (Lipinski definition) is 7. The van der Waals surface area contributed by atoms with Crippen LogP contribution < -0.4 is 25.7 Å². The summed E-state index contributed by atoms with van der Waals surface area (Å²) in [7, 11) is 0. The van der Waals surface area contributed by atoms with Crippen LogP contribution in [-0.4, -0.2) is 29.3 Å². The van der Waals surface area contributed by atoms with E-state index in [1.54, 1.807) is 24.3 Å². The number of nitrogens with zero attached hydrogens (tertiary/aromatic N) is 2. The Morgan fingerprint density at radius 2 is 1.82 bits per heavy atom. The van der Waals surface area contributed by atoms with Crippen LogP contribution in [0.15, 0.2) is 60.0 Å². The molecule has 1 aliphatic rings. The van der Waals surface area contributed by atoms with Gasteiger partial charge in [0.25, 0.3) is 5.91 Å². The number of allylic oxidation sites excluding steroid dienone is 1. The lowest BCUT2D eigenvalue weighted by molar-refractivity contribution is -0.119. The van der Waals surface area contributed by atoms with Crippen LogP contribution in [0.1, 0.15) is 30.4 Å². The molecule has 3 aromatic rings. The molecule has 9 nitrogen and oxygen atoms in total. The van der Waals surface area contributed by atoms with E-state index in [9.17, 15) is 10.1 Å². The van der Waals surface area contributed by atoms with E-state index >= 15 is 0 Å². The van der Waals surface area contributed by atoms with Crippen LogP contribution in [0.25, 0.3) is 11.3 Å². The molecule has 1 aliphatic heterocycles. The maximum atomic E-state index is 11.0. The molecular formula is C24H23N5O4. The number of carbonyl (C=O) groups excluding carboxylic acids is 1. The van der Waals surface area contributed by atoms with Crippen molar-refractivity contribution >= 4 is 5.91 Å². The summed E-state index contributed by atoms with van der Waals surface area (Å²) >= 11 is 0. The first kappa shape index (κ1) is 21.8. The van der Waals surface area contributed by atoms with Gasteiger partial charge >= 0.3 is 0 Å². The average molecular weight is 445 g/mol. The maximum Gasteiger partial charge on any atom is 0.255 e. The zero-order valence-corrected chi connectivity index (χ0v) is 18.0. The molecule has 2 heterocycles. The van der Waals surface area contributed by atoms with Crippen LogP contribution in [0.3, 0.4) is 0 Å². The number of rotatable bonds is 8. The van der Waals surface area contributed by atoms with Crippen molar-refractivity contribution in [2.24, 2.45) is 11.5 Å². The lowest BCUT2D eigenvalue weighted by Crippen LogP contribution is -2.21. The molecule has 0 saturated carbocycles. The number of H-pyrrole nitrogens is 1. The third kappa shape index (κ3) is 4.45. The fourth-order valence-electron chi connectivity index (χ4n) is 3.65. The number of benzene rings is 2. The number of nitriles is 1. The van der Waals surface area contributed by atoms with Gasteiger partial charge in [0.15, 0.2) is 6.61 Å². The van der Waals surface area contributed by atoms with Crippen molar-refractivity contribution in [3.63, 3.8) is 0 Å². The van der Waals surface area contributed by atoms with E-state index < -0.39 is 11.8 Å². The van der Waals surface area contributed by atoms with Crippen molar-refractivity contribution in [2.75, 3.05) is 13.2 Å². The highest BCUT2D eigenvalue weighted by Gasteiger charge is 2.35. The summed E-state index contributed by atoms with van der Waals surface area (Å²) in [6, 6.07) is 16.8. The molecule has 0 radical (unpaired) electrons. The van der Waals surface area contributed by atoms with E-state index in [4.69, 9.17) is 25.7 Å². The summed E-state index contributed by atoms with van der Waals surface area (Å²) in [6.45, 7) is 2.47. The van der Waals surface area contributed by atoms with Gasteiger partial charge in [0.05, 0.1) is 23.8 Å². The van der Waals surface area contributed by atoms with Gasteiger partial charge in [0, 0.05) is 5.56 Å². The quantitative estimate of drug-likeness (QED) is 0.482. The fraction of sp³-hybridized carbons (Fsp3) is 0.208. The highest BCUT2D eigenvalue weighted by molar-refractivity contribution is 5.75. The van der Waals surface area contributed by atoms with E-state index in [-0.39, 0.29) is 18.1 Å². The molecule has 0 fully saturated rings. The third-order valence-corrected chi connectivity index (χ3v) is 5.15. The van der Waals surface area contributed by atoms with Crippen LogP contribution in [0, 0.1) is 11.3 Å². The molecule has 0 saturated heterocycles. The second-order valence-electron chi connectivity index (χ2n) is 7.44. The number of aromatic amines is 1. The molecule has 1 atom stereocenters. The number of carbonyl (C=O) groups is 1. The SMILES string of the molecule is CCCOc1ccc(-c2[nH]nc3c2[C@H](c2ccc(OCC(N)=O)cc2)C(C#N)=C(N)O3)cc1. The fourth-order valence-corrected chi connectivity index (χ4v) is 3.65. The molecule has 1 amide bonds. The lowest BCUT2D eigenvalue weighted by atomic mass is 9.83. The molecule has 0 spiro atoms. The highest BCUT2D eigenvalue weighted by Crippen LogP contribution is 2.45. The number of primary amides is 1. The van der Waals surface area contributed by atoms with Crippen LogP contribution in [0.2, 0.25) is 0 Å². The average Bonchev–Trinajstić information content (AvgIpc) is 3.24. The van der Waals surface area contributed by atoms with Crippen molar-refractivity contribution in [1.82, 2.24) is 10.2 Å². The Kier molecular flexibility index (Phi) is 6.17. The van der Waals surface area contributed by atoms with Crippen molar-refractivity contribution in [2.45, 2.75) is 19.3 Å². The first-order valence-electron chi connectivity index (χ1n) is 10.4. The van der Waals surface area contributed by atoms with Gasteiger partial charge in [-0.2, -0.15) is 5.26 Å². The Hall–Kier alpha value is -4.45. The standard InChI is InChI=1S/C24H23N5O4/c1-2-11-31-16-9-5-15(6-10-16)22-21-20(18(12-25)23(27)33-24(21)29-28-22)14-3-7-17(8-4-14)32-13-19(26)30/h3-10,20H,2,11,13,27H2,1H3,(H2,26,30)(H,28,29)/t20-/m1/s1. The summed E-state index contributed by atoms with van der Waals surface area (Å²) in [5, 5.41) is 17.2. The normalized spacial score (nSPS) is 14.7. The van der Waals surface area contributed by atoms with Gasteiger partial charge in [-0.05, 0) is 48.4 Å². The number of hydrogen-bond donors (Lipinski definition) is 3. The second-order valence-corrected chi connectivity index (χ2v) is 7.44. The third-order valence-electron chi connectivity index (χ3n) is 5.15. The summed E-state index contributed by atoms with van der Waals surface area (Å²) in [4.78, 5) is 11.0. The molecule has 2 aromatic carbocycles. The lowest BCUT2D eigenvalue weighted by Gasteiger charge is -2.24. The van der Waals surface area contributed by atoms with Crippen molar-refractivity contribution < 1.29 is 19.0 Å². The Morgan fingerprint density at radius 3 is 2.45 bits per heavy atom. The number of amides is 1. The van der Waals surface area contributed by atoms with E-state index in [0.717, 1.165) is 23.3 Å². The topological polar surface area (TPSA) is 149 Å². The smallest absolute Gasteiger partial charge is 0.255 e. The predicted molar refractivity (Wildman–Crippen MR) is 120 cm³/mol. The Labute approximate surface area is 190 Å². The predicted octanol–water partition coefficient (Wildman–Crippen LogP) is 2.95. The Balaban J connectivity index is 1.72. The molecular weight excluding hydrogens is 422 g/mol. The molecule has 5 N–H and O–H groups in total. The molecule has 9 heteroatoms. The van der Waals surface area contributed by atoms with Crippen LogP contribution >= 0.6 is 0 Å². The highest BCUT2D eigenvalue weighted by atomic mass is 16.5. The molecule has 0 unspecified atom stereocenters. The zero-order valence-electron chi connectivity index (χ0n) is 18.0. The van der Waals surface area contributed by atoms with Gasteiger partial charge in [-0.25, -0.2) is 0 Å². The minimum atomic E-state index is -0.565. The largest absolute Gasteiger partial charge is 0.494 e. The summed E-state index contributed by atoms with van der Waals surface area (Å²) in [6.07, 6.45) is 0.922. The minimum Gasteiger partial charge on any atom is -0.494 e. The van der Waals surface area contributed by atoms with E-state index in [0.29, 0.717) is 29.5 Å². The molecule has 33 heavy (non-hydrogen) atoms. The van der Waals surface area contributed by atoms with E-state index in [1.807, 2.05) is 31.2 Å². The Morgan fingerprint density at radius 1 is 1.15 bits per heavy atom. The molecule has 1 aromatic heterocycles. The number of fused-ring (bicyclic) bond motifs is 1. The van der Waals surface area contributed by atoms with Gasteiger partial charge in [-0.15, -0.1) is 5.10 Å². The summed E-state index contributed by atoms with van der Waals surface area (Å²) in [5.74, 6) is 0.501. The van der Waals surface area contributed by atoms with Gasteiger partial charge in [0.2, 0.25) is 11.8 Å². The zero-order chi connectivity index (χ0) is 23.4.